The van der Waals surface area contributed by atoms with Gasteiger partial charge in [0.15, 0.2) is 5.82 Å². The molecule has 1 aromatic rings. The van der Waals surface area contributed by atoms with Gasteiger partial charge in [-0.2, -0.15) is 0 Å². The minimum Gasteiger partial charge on any atom is -0.477 e. The van der Waals surface area contributed by atoms with E-state index in [4.69, 9.17) is 5.11 Å². The molecule has 1 aromatic carbocycles. The van der Waals surface area contributed by atoms with Crippen molar-refractivity contribution in [1.82, 2.24) is 4.72 Å². The second-order valence-electron chi connectivity index (χ2n) is 3.18. The topological polar surface area (TPSA) is 83.5 Å². The summed E-state index contributed by atoms with van der Waals surface area (Å²) >= 11 is 0. The van der Waals surface area contributed by atoms with Crippen molar-refractivity contribution in [2.75, 3.05) is 6.54 Å². The van der Waals surface area contributed by atoms with Crippen LogP contribution < -0.4 is 4.72 Å². The first-order valence-electron chi connectivity index (χ1n) is 4.63. The van der Waals surface area contributed by atoms with Crippen LogP contribution in [0.5, 0.6) is 0 Å². The van der Waals surface area contributed by atoms with Crippen molar-refractivity contribution in [1.29, 1.82) is 0 Å². The number of halogens is 2. The van der Waals surface area contributed by atoms with Gasteiger partial charge in [-0.25, -0.2) is 26.7 Å². The molecule has 0 fully saturated rings. The van der Waals surface area contributed by atoms with Crippen molar-refractivity contribution in [3.63, 3.8) is 0 Å². The Bertz CT molecular complexity index is 598. The molecule has 0 aliphatic rings. The number of hydrogen-bond acceptors (Lipinski definition) is 3. The first-order valence-corrected chi connectivity index (χ1v) is 6.11. The Labute approximate surface area is 102 Å². The summed E-state index contributed by atoms with van der Waals surface area (Å²) in [5.74, 6) is -4.87. The number of sulfonamides is 1. The van der Waals surface area contributed by atoms with Gasteiger partial charge >= 0.3 is 5.97 Å². The van der Waals surface area contributed by atoms with Crippen molar-refractivity contribution >= 4 is 16.0 Å². The fourth-order valence-electron chi connectivity index (χ4n) is 1.18. The Morgan fingerprint density at radius 1 is 1.44 bits per heavy atom. The molecule has 0 saturated carbocycles. The van der Waals surface area contributed by atoms with Crippen LogP contribution in [0.2, 0.25) is 0 Å². The number of nitrogens with one attached hydrogen (secondary N) is 1. The molecule has 18 heavy (non-hydrogen) atoms. The molecule has 0 bridgehead atoms. The van der Waals surface area contributed by atoms with Gasteiger partial charge in [0.25, 0.3) is 0 Å². The van der Waals surface area contributed by atoms with E-state index in [-0.39, 0.29) is 6.54 Å². The van der Waals surface area contributed by atoms with E-state index in [1.165, 1.54) is 6.08 Å². The molecule has 8 heteroatoms. The van der Waals surface area contributed by atoms with Crippen LogP contribution in [0.1, 0.15) is 10.4 Å². The summed E-state index contributed by atoms with van der Waals surface area (Å²) in [6.07, 6.45) is 1.22. The molecular weight excluding hydrogens is 268 g/mol. The molecule has 2 N–H and O–H groups in total. The maximum atomic E-state index is 13.6. The minimum atomic E-state index is -4.25. The van der Waals surface area contributed by atoms with Crippen LogP contribution in [0.4, 0.5) is 8.78 Å². The average molecular weight is 277 g/mol. The Kier molecular flexibility index (Phi) is 4.15. The predicted octanol–water partition coefficient (Wildman–Crippen LogP) is 1.13. The van der Waals surface area contributed by atoms with Crippen LogP contribution in [0, 0.1) is 11.6 Å². The fourth-order valence-corrected chi connectivity index (χ4v) is 2.26. The molecule has 0 aliphatic carbocycles. The number of aromatic carboxylic acids is 1. The molecule has 98 valence electrons. The average Bonchev–Trinajstić information content (AvgIpc) is 2.25. The van der Waals surface area contributed by atoms with Gasteiger partial charge in [0.05, 0.1) is 0 Å². The maximum Gasteiger partial charge on any atom is 0.341 e. The molecule has 0 aliphatic heterocycles. The second-order valence-corrected chi connectivity index (χ2v) is 4.92. The molecule has 0 radical (unpaired) electrons. The molecule has 0 aromatic heterocycles. The highest BCUT2D eigenvalue weighted by Gasteiger charge is 2.26. The van der Waals surface area contributed by atoms with Crippen LogP contribution in [-0.4, -0.2) is 26.0 Å². The number of hydrogen-bond donors (Lipinski definition) is 2. The molecule has 1 rings (SSSR count). The van der Waals surface area contributed by atoms with Gasteiger partial charge in [-0.15, -0.1) is 6.58 Å². The monoisotopic (exact) mass is 277 g/mol. The zero-order valence-corrected chi connectivity index (χ0v) is 9.80. The highest BCUT2D eigenvalue weighted by Crippen LogP contribution is 2.20. The lowest BCUT2D eigenvalue weighted by atomic mass is 10.2. The third kappa shape index (κ3) is 2.71. The van der Waals surface area contributed by atoms with Crippen LogP contribution in [-0.2, 0) is 10.0 Å². The molecule has 0 spiro atoms. The number of carboxylic acids is 1. The third-order valence-electron chi connectivity index (χ3n) is 1.98. The fraction of sp³-hybridized carbons (Fsp3) is 0.100. The first kappa shape index (κ1) is 14.3. The quantitative estimate of drug-likeness (QED) is 0.790. The van der Waals surface area contributed by atoms with E-state index >= 15 is 0 Å². The lowest BCUT2D eigenvalue weighted by molar-refractivity contribution is 0.0685. The highest BCUT2D eigenvalue weighted by molar-refractivity contribution is 7.89. The zero-order chi connectivity index (χ0) is 13.9. The smallest absolute Gasteiger partial charge is 0.341 e. The molecule has 0 atom stereocenters. The predicted molar refractivity (Wildman–Crippen MR) is 58.7 cm³/mol. The van der Waals surface area contributed by atoms with Crippen LogP contribution in [0.25, 0.3) is 0 Å². The summed E-state index contributed by atoms with van der Waals surface area (Å²) in [5, 5.41) is 8.60. The van der Waals surface area contributed by atoms with Gasteiger partial charge in [0.1, 0.15) is 16.3 Å². The standard InChI is InChI=1S/C10H9F2NO4S/c1-2-5-13-18(16,17)7-4-3-6(11)8(9(7)12)10(14)15/h2-4,13H,1,5H2,(H,14,15). The summed E-state index contributed by atoms with van der Waals surface area (Å²) in [6, 6.07) is 1.23. The molecule has 5 nitrogen and oxygen atoms in total. The molecule has 0 saturated heterocycles. The zero-order valence-electron chi connectivity index (χ0n) is 8.98. The van der Waals surface area contributed by atoms with E-state index in [0.29, 0.717) is 12.1 Å². The van der Waals surface area contributed by atoms with Crippen LogP contribution in [0.15, 0.2) is 29.7 Å². The lowest BCUT2D eigenvalue weighted by Crippen LogP contribution is -2.25. The summed E-state index contributed by atoms with van der Waals surface area (Å²) in [6.45, 7) is 3.10. The maximum absolute atomic E-state index is 13.6. The van der Waals surface area contributed by atoms with E-state index < -0.39 is 38.1 Å². The van der Waals surface area contributed by atoms with Crippen molar-refractivity contribution < 1.29 is 27.1 Å². The van der Waals surface area contributed by atoms with Crippen molar-refractivity contribution in [3.8, 4) is 0 Å². The SMILES string of the molecule is C=CCNS(=O)(=O)c1ccc(F)c(C(=O)O)c1F. The Morgan fingerprint density at radius 3 is 2.56 bits per heavy atom. The van der Waals surface area contributed by atoms with Crippen LogP contribution >= 0.6 is 0 Å². The van der Waals surface area contributed by atoms with Gasteiger partial charge in [0, 0.05) is 6.54 Å². The normalized spacial score (nSPS) is 11.2. The first-order chi connectivity index (χ1) is 8.31. The van der Waals surface area contributed by atoms with E-state index in [2.05, 4.69) is 6.58 Å². The van der Waals surface area contributed by atoms with Gasteiger partial charge in [0.2, 0.25) is 10.0 Å². The van der Waals surface area contributed by atoms with Gasteiger partial charge < -0.3 is 5.11 Å². The highest BCUT2D eigenvalue weighted by atomic mass is 32.2. The lowest BCUT2D eigenvalue weighted by Gasteiger charge is -2.08. The van der Waals surface area contributed by atoms with Gasteiger partial charge in [-0.1, -0.05) is 6.08 Å². The van der Waals surface area contributed by atoms with Crippen LogP contribution in [0.3, 0.4) is 0 Å². The third-order valence-corrected chi connectivity index (χ3v) is 3.42. The van der Waals surface area contributed by atoms with E-state index in [1.807, 2.05) is 4.72 Å². The van der Waals surface area contributed by atoms with Crippen molar-refractivity contribution in [3.05, 3.63) is 42.0 Å². The minimum absolute atomic E-state index is 0.165. The number of carbonyl (C=O) groups is 1. The van der Waals surface area contributed by atoms with Gasteiger partial charge in [-0.3, -0.25) is 0 Å². The van der Waals surface area contributed by atoms with E-state index in [9.17, 15) is 22.0 Å². The summed E-state index contributed by atoms with van der Waals surface area (Å²) in [7, 11) is -4.25. The second kappa shape index (κ2) is 5.23. The number of benzene rings is 1. The molecule has 0 amide bonds. The van der Waals surface area contributed by atoms with Gasteiger partial charge in [-0.05, 0) is 12.1 Å². The Balaban J connectivity index is 3.40. The van der Waals surface area contributed by atoms with Crippen molar-refractivity contribution in [2.24, 2.45) is 0 Å². The number of carboxylic acid groups (broad SMARTS) is 1. The summed E-state index contributed by atoms with van der Waals surface area (Å²) in [4.78, 5) is 9.70. The molecule has 0 heterocycles. The number of rotatable bonds is 5. The van der Waals surface area contributed by atoms with E-state index in [1.54, 1.807) is 0 Å². The summed E-state index contributed by atoms with van der Waals surface area (Å²) in [5.41, 5.74) is -1.31. The summed E-state index contributed by atoms with van der Waals surface area (Å²) < 4.78 is 51.8. The largest absolute Gasteiger partial charge is 0.477 e. The van der Waals surface area contributed by atoms with E-state index in [0.717, 1.165) is 0 Å². The van der Waals surface area contributed by atoms with Crippen molar-refractivity contribution in [2.45, 2.75) is 4.90 Å². The molecule has 0 unspecified atom stereocenters. The Hall–Kier alpha value is -1.80. The molecular formula is C10H9F2NO4S. The Morgan fingerprint density at radius 2 is 2.06 bits per heavy atom.